The molecule has 0 amide bonds. The molecule has 0 aromatic rings. The van der Waals surface area contributed by atoms with Crippen molar-refractivity contribution in [2.45, 2.75) is 69.2 Å². The van der Waals surface area contributed by atoms with Gasteiger partial charge in [0.25, 0.3) is 0 Å². The van der Waals surface area contributed by atoms with Gasteiger partial charge in [0.05, 0.1) is 24.7 Å². The molecule has 3 rings (SSSR count). The fourth-order valence-corrected chi connectivity index (χ4v) is 3.31. The minimum atomic E-state index is 0.210. The fraction of sp³-hybridized carbons (Fsp3) is 0.923. The molecule has 4 atom stereocenters. The van der Waals surface area contributed by atoms with Crippen LogP contribution in [0.1, 0.15) is 44.9 Å². The van der Waals surface area contributed by atoms with Crippen LogP contribution in [0.4, 0.5) is 0 Å². The third-order valence-electron chi connectivity index (χ3n) is 4.25. The van der Waals surface area contributed by atoms with Crippen LogP contribution in [0.5, 0.6) is 0 Å². The maximum Gasteiger partial charge on any atom is 0.0713 e. The smallest absolute Gasteiger partial charge is 0.0713 e. The first kappa shape index (κ1) is 10.6. The van der Waals surface area contributed by atoms with Crippen LogP contribution in [-0.2, 0) is 4.74 Å². The zero-order valence-corrected chi connectivity index (χ0v) is 9.69. The van der Waals surface area contributed by atoms with Gasteiger partial charge in [-0.2, -0.15) is 5.26 Å². The summed E-state index contributed by atoms with van der Waals surface area (Å²) in [5.74, 6) is 0.674. The summed E-state index contributed by atoms with van der Waals surface area (Å²) in [5, 5.41) is 12.5. The summed E-state index contributed by atoms with van der Waals surface area (Å²) in [6.45, 7) is 0. The summed E-state index contributed by atoms with van der Waals surface area (Å²) in [4.78, 5) is 0. The van der Waals surface area contributed by atoms with Crippen LogP contribution >= 0.6 is 0 Å². The van der Waals surface area contributed by atoms with Crippen molar-refractivity contribution in [1.29, 1.82) is 5.26 Å². The van der Waals surface area contributed by atoms with Crippen LogP contribution in [0.15, 0.2) is 0 Å². The van der Waals surface area contributed by atoms with Crippen LogP contribution in [0.3, 0.4) is 0 Å². The fourth-order valence-electron chi connectivity index (χ4n) is 3.31. The van der Waals surface area contributed by atoms with Gasteiger partial charge >= 0.3 is 0 Å². The summed E-state index contributed by atoms with van der Waals surface area (Å²) in [6.07, 6.45) is 8.82. The summed E-state index contributed by atoms with van der Waals surface area (Å²) in [6, 6.07) is 3.69. The second-order valence-corrected chi connectivity index (χ2v) is 5.54. The Morgan fingerprint density at radius 2 is 2.12 bits per heavy atom. The largest absolute Gasteiger partial charge is 0.374 e. The monoisotopic (exact) mass is 220 g/mol. The highest BCUT2D eigenvalue weighted by Crippen LogP contribution is 2.39. The van der Waals surface area contributed by atoms with Crippen molar-refractivity contribution in [3.05, 3.63) is 0 Å². The number of ether oxygens (including phenoxy) is 1. The molecule has 3 heteroatoms. The van der Waals surface area contributed by atoms with Gasteiger partial charge in [-0.3, -0.25) is 0 Å². The van der Waals surface area contributed by atoms with E-state index < -0.39 is 0 Å². The van der Waals surface area contributed by atoms with Crippen LogP contribution < -0.4 is 5.32 Å². The quantitative estimate of drug-likeness (QED) is 0.791. The summed E-state index contributed by atoms with van der Waals surface area (Å²) in [7, 11) is 0. The highest BCUT2D eigenvalue weighted by molar-refractivity contribution is 4.98. The van der Waals surface area contributed by atoms with Gasteiger partial charge in [-0.05, 0) is 38.5 Å². The first-order chi connectivity index (χ1) is 7.86. The van der Waals surface area contributed by atoms with E-state index >= 15 is 0 Å². The first-order valence-corrected chi connectivity index (χ1v) is 6.65. The minimum Gasteiger partial charge on any atom is -0.374 e. The molecule has 1 heterocycles. The van der Waals surface area contributed by atoms with Gasteiger partial charge in [-0.25, -0.2) is 0 Å². The molecule has 0 aromatic carbocycles. The SMILES string of the molecule is N#CCC1CC2C(NC3CC3)CCCC2O1. The molecule has 2 aliphatic carbocycles. The lowest BCUT2D eigenvalue weighted by molar-refractivity contribution is 0.0139. The summed E-state index contributed by atoms with van der Waals surface area (Å²) < 4.78 is 5.98. The van der Waals surface area contributed by atoms with Crippen LogP contribution in [0.25, 0.3) is 0 Å². The molecule has 1 N–H and O–H groups in total. The maximum atomic E-state index is 8.74. The molecule has 16 heavy (non-hydrogen) atoms. The number of rotatable bonds is 3. The van der Waals surface area contributed by atoms with Gasteiger partial charge in [0.1, 0.15) is 0 Å². The van der Waals surface area contributed by atoms with Gasteiger partial charge in [-0.1, -0.05) is 0 Å². The lowest BCUT2D eigenvalue weighted by atomic mass is 9.81. The van der Waals surface area contributed by atoms with Crippen LogP contribution in [-0.4, -0.2) is 24.3 Å². The van der Waals surface area contributed by atoms with Gasteiger partial charge < -0.3 is 10.1 Å². The van der Waals surface area contributed by atoms with Crippen molar-refractivity contribution >= 4 is 0 Å². The van der Waals surface area contributed by atoms with Gasteiger partial charge in [-0.15, -0.1) is 0 Å². The lowest BCUT2D eigenvalue weighted by Gasteiger charge is -2.33. The van der Waals surface area contributed by atoms with E-state index in [1.165, 1.54) is 32.1 Å². The molecule has 88 valence electrons. The molecular formula is C13H20N2O. The molecule has 0 bridgehead atoms. The summed E-state index contributed by atoms with van der Waals surface area (Å²) >= 11 is 0. The van der Waals surface area contributed by atoms with E-state index in [0.29, 0.717) is 24.5 Å². The number of fused-ring (bicyclic) bond motifs is 1. The predicted octanol–water partition coefficient (Wildman–Crippen LogP) is 1.98. The molecular weight excluding hydrogens is 200 g/mol. The molecule has 3 aliphatic rings. The topological polar surface area (TPSA) is 45.0 Å². The Bertz CT molecular complexity index is 295. The van der Waals surface area contributed by atoms with Gasteiger partial charge in [0.15, 0.2) is 0 Å². The molecule has 0 radical (unpaired) electrons. The third kappa shape index (κ3) is 2.09. The van der Waals surface area contributed by atoms with Crippen molar-refractivity contribution in [2.24, 2.45) is 5.92 Å². The highest BCUT2D eigenvalue weighted by Gasteiger charge is 2.43. The van der Waals surface area contributed by atoms with E-state index in [4.69, 9.17) is 10.00 Å². The van der Waals surface area contributed by atoms with E-state index in [1.807, 2.05) is 0 Å². The number of hydrogen-bond donors (Lipinski definition) is 1. The third-order valence-corrected chi connectivity index (χ3v) is 4.25. The number of nitrogens with zero attached hydrogens (tertiary/aromatic N) is 1. The Hall–Kier alpha value is -0.590. The second-order valence-electron chi connectivity index (χ2n) is 5.54. The van der Waals surface area contributed by atoms with E-state index in [0.717, 1.165) is 12.5 Å². The highest BCUT2D eigenvalue weighted by atomic mass is 16.5. The van der Waals surface area contributed by atoms with Crippen LogP contribution in [0, 0.1) is 17.2 Å². The van der Waals surface area contributed by atoms with Gasteiger partial charge in [0.2, 0.25) is 0 Å². The summed E-state index contributed by atoms with van der Waals surface area (Å²) in [5.41, 5.74) is 0. The van der Waals surface area contributed by atoms with Crippen LogP contribution in [0.2, 0.25) is 0 Å². The molecule has 0 aromatic heterocycles. The zero-order chi connectivity index (χ0) is 11.0. The Kier molecular flexibility index (Phi) is 2.87. The van der Waals surface area contributed by atoms with Gasteiger partial charge in [0, 0.05) is 18.0 Å². The number of hydrogen-bond acceptors (Lipinski definition) is 3. The standard InChI is InChI=1S/C13H20N2O/c14-7-6-10-8-11-12(15-9-4-5-9)2-1-3-13(11)16-10/h9-13,15H,1-6,8H2. The molecule has 0 spiro atoms. The predicted molar refractivity (Wildman–Crippen MR) is 60.8 cm³/mol. The number of nitrogens with one attached hydrogen (secondary N) is 1. The van der Waals surface area contributed by atoms with E-state index in [2.05, 4.69) is 11.4 Å². The molecule has 3 nitrogen and oxygen atoms in total. The first-order valence-electron chi connectivity index (χ1n) is 6.65. The molecule has 3 fully saturated rings. The van der Waals surface area contributed by atoms with Crippen molar-refractivity contribution in [2.75, 3.05) is 0 Å². The lowest BCUT2D eigenvalue weighted by Crippen LogP contribution is -2.43. The van der Waals surface area contributed by atoms with E-state index in [1.54, 1.807) is 0 Å². The molecule has 1 aliphatic heterocycles. The van der Waals surface area contributed by atoms with Crippen molar-refractivity contribution in [1.82, 2.24) is 5.32 Å². The number of nitriles is 1. The Balaban J connectivity index is 1.61. The molecule has 4 unspecified atom stereocenters. The average Bonchev–Trinajstić information content (AvgIpc) is 2.98. The maximum absolute atomic E-state index is 8.74. The molecule has 2 saturated carbocycles. The van der Waals surface area contributed by atoms with E-state index in [9.17, 15) is 0 Å². The molecule has 1 saturated heterocycles. The normalized spacial score (nSPS) is 42.7. The van der Waals surface area contributed by atoms with Crippen molar-refractivity contribution in [3.63, 3.8) is 0 Å². The second kappa shape index (κ2) is 4.35. The Morgan fingerprint density at radius 3 is 2.88 bits per heavy atom. The van der Waals surface area contributed by atoms with E-state index in [-0.39, 0.29) is 6.10 Å². The average molecular weight is 220 g/mol. The van der Waals surface area contributed by atoms with Crippen molar-refractivity contribution < 1.29 is 4.74 Å². The Morgan fingerprint density at radius 1 is 1.25 bits per heavy atom. The van der Waals surface area contributed by atoms with Crippen molar-refractivity contribution in [3.8, 4) is 6.07 Å². The zero-order valence-electron chi connectivity index (χ0n) is 9.69. The minimum absolute atomic E-state index is 0.210. The Labute approximate surface area is 97.2 Å².